The van der Waals surface area contributed by atoms with E-state index in [9.17, 15) is 0 Å². The van der Waals surface area contributed by atoms with Crippen molar-refractivity contribution in [1.29, 1.82) is 0 Å². The second-order valence-electron chi connectivity index (χ2n) is 4.04. The molecule has 1 fully saturated rings. The van der Waals surface area contributed by atoms with Gasteiger partial charge in [-0.05, 0) is 25.7 Å². The zero-order valence-electron chi connectivity index (χ0n) is 7.71. The molecule has 0 aromatic carbocycles. The SMILES string of the molecule is NC1CCCCC(N)CC(N)C1. The summed E-state index contributed by atoms with van der Waals surface area (Å²) in [4.78, 5) is 0. The summed E-state index contributed by atoms with van der Waals surface area (Å²) in [7, 11) is 0. The summed E-state index contributed by atoms with van der Waals surface area (Å²) in [6.45, 7) is 0. The Morgan fingerprint density at radius 3 is 1.50 bits per heavy atom. The van der Waals surface area contributed by atoms with Crippen LogP contribution in [0.3, 0.4) is 0 Å². The Hall–Kier alpha value is -0.120. The van der Waals surface area contributed by atoms with E-state index in [-0.39, 0.29) is 6.04 Å². The van der Waals surface area contributed by atoms with Crippen LogP contribution in [0.4, 0.5) is 0 Å². The van der Waals surface area contributed by atoms with Crippen LogP contribution in [0.5, 0.6) is 0 Å². The van der Waals surface area contributed by atoms with Crippen LogP contribution in [0.15, 0.2) is 0 Å². The van der Waals surface area contributed by atoms with E-state index >= 15 is 0 Å². The molecule has 72 valence electrons. The van der Waals surface area contributed by atoms with Gasteiger partial charge in [0, 0.05) is 18.1 Å². The van der Waals surface area contributed by atoms with E-state index in [0.717, 1.165) is 25.7 Å². The molecule has 3 nitrogen and oxygen atoms in total. The van der Waals surface area contributed by atoms with Crippen molar-refractivity contribution < 1.29 is 0 Å². The molecule has 0 aromatic heterocycles. The van der Waals surface area contributed by atoms with Gasteiger partial charge >= 0.3 is 0 Å². The van der Waals surface area contributed by atoms with Gasteiger partial charge in [-0.15, -0.1) is 0 Å². The average Bonchev–Trinajstić information content (AvgIpc) is 2.01. The minimum atomic E-state index is 0.216. The van der Waals surface area contributed by atoms with Crippen molar-refractivity contribution in [2.24, 2.45) is 17.2 Å². The Balaban J connectivity index is 2.37. The normalized spacial score (nSPS) is 39.8. The Morgan fingerprint density at radius 1 is 0.667 bits per heavy atom. The molecule has 0 amide bonds. The maximum Gasteiger partial charge on any atom is 0.00682 e. The largest absolute Gasteiger partial charge is 0.328 e. The maximum atomic E-state index is 5.89. The fourth-order valence-electron chi connectivity index (χ4n) is 1.92. The third kappa shape index (κ3) is 3.52. The van der Waals surface area contributed by atoms with Crippen molar-refractivity contribution >= 4 is 0 Å². The molecule has 0 aliphatic heterocycles. The Kier molecular flexibility index (Phi) is 3.98. The van der Waals surface area contributed by atoms with Crippen LogP contribution in [0.2, 0.25) is 0 Å². The molecule has 1 saturated carbocycles. The smallest absolute Gasteiger partial charge is 0.00682 e. The van der Waals surface area contributed by atoms with Gasteiger partial charge in [0.05, 0.1) is 0 Å². The van der Waals surface area contributed by atoms with Gasteiger partial charge in [0.15, 0.2) is 0 Å². The molecule has 2 unspecified atom stereocenters. The van der Waals surface area contributed by atoms with Gasteiger partial charge in [-0.3, -0.25) is 0 Å². The van der Waals surface area contributed by atoms with E-state index in [2.05, 4.69) is 0 Å². The van der Waals surface area contributed by atoms with E-state index in [4.69, 9.17) is 17.2 Å². The summed E-state index contributed by atoms with van der Waals surface area (Å²) in [6, 6.07) is 0.809. The van der Waals surface area contributed by atoms with Crippen LogP contribution in [0, 0.1) is 0 Å². The predicted molar refractivity (Wildman–Crippen MR) is 51.6 cm³/mol. The summed E-state index contributed by atoms with van der Waals surface area (Å²) in [6.07, 6.45) is 6.52. The first-order valence-corrected chi connectivity index (χ1v) is 4.95. The molecule has 0 saturated heterocycles. The van der Waals surface area contributed by atoms with Crippen molar-refractivity contribution in [2.45, 2.75) is 56.7 Å². The van der Waals surface area contributed by atoms with Crippen LogP contribution < -0.4 is 17.2 Å². The highest BCUT2D eigenvalue weighted by Gasteiger charge is 2.15. The van der Waals surface area contributed by atoms with Crippen molar-refractivity contribution in [3.05, 3.63) is 0 Å². The van der Waals surface area contributed by atoms with Crippen molar-refractivity contribution in [3.8, 4) is 0 Å². The van der Waals surface area contributed by atoms with E-state index in [1.54, 1.807) is 0 Å². The highest BCUT2D eigenvalue weighted by atomic mass is 14.7. The predicted octanol–water partition coefficient (Wildman–Crippen LogP) is 0.322. The number of nitrogens with two attached hydrogens (primary N) is 3. The highest BCUT2D eigenvalue weighted by molar-refractivity contribution is 4.77. The van der Waals surface area contributed by atoms with Crippen LogP contribution in [0.1, 0.15) is 38.5 Å². The number of hydrogen-bond acceptors (Lipinski definition) is 3. The van der Waals surface area contributed by atoms with Crippen LogP contribution in [-0.2, 0) is 0 Å². The average molecular weight is 171 g/mol. The molecule has 3 heteroatoms. The third-order valence-corrected chi connectivity index (χ3v) is 2.61. The number of hydrogen-bond donors (Lipinski definition) is 3. The second kappa shape index (κ2) is 4.80. The van der Waals surface area contributed by atoms with Gasteiger partial charge < -0.3 is 17.2 Å². The van der Waals surface area contributed by atoms with Crippen LogP contribution >= 0.6 is 0 Å². The van der Waals surface area contributed by atoms with E-state index in [0.29, 0.717) is 12.1 Å². The summed E-state index contributed by atoms with van der Waals surface area (Å²) >= 11 is 0. The second-order valence-corrected chi connectivity index (χ2v) is 4.04. The minimum Gasteiger partial charge on any atom is -0.328 e. The lowest BCUT2D eigenvalue weighted by Crippen LogP contribution is -2.35. The first kappa shape index (κ1) is 9.96. The zero-order chi connectivity index (χ0) is 8.97. The van der Waals surface area contributed by atoms with Crippen LogP contribution in [0.25, 0.3) is 0 Å². The molecular weight excluding hydrogens is 150 g/mol. The molecule has 0 radical (unpaired) electrons. The molecule has 6 N–H and O–H groups in total. The summed E-state index contributed by atoms with van der Waals surface area (Å²) < 4.78 is 0. The fourth-order valence-corrected chi connectivity index (χ4v) is 1.92. The molecule has 0 heterocycles. The number of rotatable bonds is 0. The van der Waals surface area contributed by atoms with Crippen molar-refractivity contribution in [2.75, 3.05) is 0 Å². The van der Waals surface area contributed by atoms with Crippen molar-refractivity contribution in [3.63, 3.8) is 0 Å². The molecule has 1 aliphatic carbocycles. The third-order valence-electron chi connectivity index (χ3n) is 2.61. The summed E-state index contributed by atoms with van der Waals surface area (Å²) in [5.41, 5.74) is 17.7. The molecule has 12 heavy (non-hydrogen) atoms. The van der Waals surface area contributed by atoms with Gasteiger partial charge in [0.1, 0.15) is 0 Å². The van der Waals surface area contributed by atoms with E-state index < -0.39 is 0 Å². The quantitative estimate of drug-likeness (QED) is 0.491. The van der Waals surface area contributed by atoms with Crippen molar-refractivity contribution in [1.82, 2.24) is 0 Å². The highest BCUT2D eigenvalue weighted by Crippen LogP contribution is 2.14. The molecule has 2 atom stereocenters. The summed E-state index contributed by atoms with van der Waals surface area (Å²) in [5, 5.41) is 0. The monoisotopic (exact) mass is 171 g/mol. The Morgan fingerprint density at radius 2 is 1.08 bits per heavy atom. The summed E-state index contributed by atoms with van der Waals surface area (Å²) in [5.74, 6) is 0. The van der Waals surface area contributed by atoms with Gasteiger partial charge in [-0.1, -0.05) is 12.8 Å². The zero-order valence-corrected chi connectivity index (χ0v) is 7.71. The fraction of sp³-hybridized carbons (Fsp3) is 1.00. The molecule has 1 aliphatic rings. The van der Waals surface area contributed by atoms with Gasteiger partial charge in [0.2, 0.25) is 0 Å². The molecule has 0 aromatic rings. The first-order chi connectivity index (χ1) is 5.68. The van der Waals surface area contributed by atoms with Gasteiger partial charge in [-0.2, -0.15) is 0 Å². The Labute approximate surface area is 74.7 Å². The Bertz CT molecular complexity index is 113. The first-order valence-electron chi connectivity index (χ1n) is 4.95. The van der Waals surface area contributed by atoms with E-state index in [1.165, 1.54) is 12.8 Å². The maximum absolute atomic E-state index is 5.89. The lowest BCUT2D eigenvalue weighted by Gasteiger charge is -2.17. The molecule has 0 bridgehead atoms. The lowest BCUT2D eigenvalue weighted by atomic mass is 10.0. The van der Waals surface area contributed by atoms with Gasteiger partial charge in [-0.25, -0.2) is 0 Å². The van der Waals surface area contributed by atoms with E-state index in [1.807, 2.05) is 0 Å². The minimum absolute atomic E-state index is 0.216. The molecule has 1 rings (SSSR count). The van der Waals surface area contributed by atoms with Crippen LogP contribution in [-0.4, -0.2) is 18.1 Å². The lowest BCUT2D eigenvalue weighted by molar-refractivity contribution is 0.460. The molecular formula is C9H21N3. The topological polar surface area (TPSA) is 78.1 Å². The molecule has 0 spiro atoms. The van der Waals surface area contributed by atoms with Gasteiger partial charge in [0.25, 0.3) is 0 Å². The standard InChI is InChI=1S/C9H21N3/c10-7-3-1-2-4-8(11)6-9(12)5-7/h7-9H,1-6,10-12H2.